The summed E-state index contributed by atoms with van der Waals surface area (Å²) in [6.45, 7) is 6.43. The van der Waals surface area contributed by atoms with Crippen molar-refractivity contribution in [2.45, 2.75) is 19.9 Å². The lowest BCUT2D eigenvalue weighted by atomic mass is 10.1. The van der Waals surface area contributed by atoms with E-state index in [0.29, 0.717) is 43.0 Å². The summed E-state index contributed by atoms with van der Waals surface area (Å²) in [5, 5.41) is 15.0. The number of nitrogens with one attached hydrogen (secondary N) is 1. The van der Waals surface area contributed by atoms with Gasteiger partial charge in [0.15, 0.2) is 10.9 Å². The number of anilines is 2. The SMILES string of the molecule is Cc1ccc(-c2csc(NC(=O)[C@H](C)N3CCN(c4oc(-c5ccco5)nc4C#N)CC3)n2)cc1. The standard InChI is InChI=1S/C25H24N6O3S/c1-16-5-7-18(8-6-16)20-15-35-25(28-20)29-22(32)17(2)30-9-11-31(12-10-30)24-19(14-26)27-23(34-24)21-4-3-13-33-21/h3-8,13,15,17H,9-12H2,1-2H3,(H,28,29,32)/t17-/m0/s1. The van der Waals surface area contributed by atoms with Crippen molar-refractivity contribution in [3.8, 4) is 29.0 Å². The van der Waals surface area contributed by atoms with Crippen molar-refractivity contribution in [3.63, 3.8) is 0 Å². The first-order valence-electron chi connectivity index (χ1n) is 11.3. The largest absolute Gasteiger partial charge is 0.459 e. The maximum absolute atomic E-state index is 12.9. The zero-order valence-electron chi connectivity index (χ0n) is 19.4. The van der Waals surface area contributed by atoms with E-state index in [1.54, 1.807) is 12.1 Å². The van der Waals surface area contributed by atoms with E-state index in [1.807, 2.05) is 48.4 Å². The summed E-state index contributed by atoms with van der Waals surface area (Å²) in [5.74, 6) is 1.09. The summed E-state index contributed by atoms with van der Waals surface area (Å²) in [6, 6.07) is 13.4. The van der Waals surface area contributed by atoms with Gasteiger partial charge in [-0.15, -0.1) is 11.3 Å². The van der Waals surface area contributed by atoms with Crippen LogP contribution in [0, 0.1) is 18.3 Å². The van der Waals surface area contributed by atoms with Crippen LogP contribution in [0.15, 0.2) is 56.9 Å². The summed E-state index contributed by atoms with van der Waals surface area (Å²) < 4.78 is 11.2. The lowest BCUT2D eigenvalue weighted by Crippen LogP contribution is -2.52. The minimum Gasteiger partial charge on any atom is -0.459 e. The lowest BCUT2D eigenvalue weighted by Gasteiger charge is -2.37. The molecular weight excluding hydrogens is 464 g/mol. The number of nitrogens with zero attached hydrogens (tertiary/aromatic N) is 5. The Balaban J connectivity index is 1.19. The first kappa shape index (κ1) is 22.8. The molecule has 1 amide bonds. The highest BCUT2D eigenvalue weighted by molar-refractivity contribution is 7.14. The van der Waals surface area contributed by atoms with Crippen LogP contribution in [0.2, 0.25) is 0 Å². The second kappa shape index (κ2) is 9.74. The second-order valence-electron chi connectivity index (χ2n) is 8.35. The summed E-state index contributed by atoms with van der Waals surface area (Å²) in [7, 11) is 0. The molecule has 1 atom stereocenters. The maximum Gasteiger partial charge on any atom is 0.266 e. The number of carbonyl (C=O) groups excluding carboxylic acids is 1. The van der Waals surface area contributed by atoms with Crippen LogP contribution in [-0.4, -0.2) is 53.0 Å². The van der Waals surface area contributed by atoms with E-state index >= 15 is 0 Å². The predicted octanol–water partition coefficient (Wildman–Crippen LogP) is 4.39. The summed E-state index contributed by atoms with van der Waals surface area (Å²) in [5.41, 5.74) is 3.29. The zero-order valence-corrected chi connectivity index (χ0v) is 20.2. The molecule has 0 radical (unpaired) electrons. The average molecular weight is 489 g/mol. The van der Waals surface area contributed by atoms with Gasteiger partial charge in [-0.05, 0) is 26.0 Å². The predicted molar refractivity (Wildman–Crippen MR) is 133 cm³/mol. The minimum absolute atomic E-state index is 0.0965. The Morgan fingerprint density at radius 3 is 2.63 bits per heavy atom. The molecule has 1 fully saturated rings. The molecule has 1 N–H and O–H groups in total. The fourth-order valence-corrected chi connectivity index (χ4v) is 4.70. The first-order chi connectivity index (χ1) is 17.0. The number of carbonyl (C=O) groups is 1. The molecule has 4 aromatic rings. The molecule has 1 aliphatic rings. The van der Waals surface area contributed by atoms with E-state index < -0.39 is 0 Å². The zero-order chi connectivity index (χ0) is 24.4. The number of piperazine rings is 1. The number of nitriles is 1. The number of aromatic nitrogens is 2. The molecule has 4 heterocycles. The van der Waals surface area contributed by atoms with Crippen molar-refractivity contribution in [2.75, 3.05) is 36.4 Å². The van der Waals surface area contributed by atoms with E-state index in [4.69, 9.17) is 8.83 Å². The number of rotatable bonds is 6. The van der Waals surface area contributed by atoms with Gasteiger partial charge in [0.1, 0.15) is 6.07 Å². The Kier molecular flexibility index (Phi) is 6.35. The Hall–Kier alpha value is -3.94. The van der Waals surface area contributed by atoms with Gasteiger partial charge in [0.25, 0.3) is 5.89 Å². The smallest absolute Gasteiger partial charge is 0.266 e. The number of furan rings is 1. The van der Waals surface area contributed by atoms with Crippen molar-refractivity contribution >= 4 is 28.3 Å². The summed E-state index contributed by atoms with van der Waals surface area (Å²) in [4.78, 5) is 25.8. The molecule has 35 heavy (non-hydrogen) atoms. The maximum atomic E-state index is 12.9. The van der Waals surface area contributed by atoms with E-state index in [9.17, 15) is 10.1 Å². The van der Waals surface area contributed by atoms with Crippen molar-refractivity contribution in [3.05, 3.63) is 59.3 Å². The van der Waals surface area contributed by atoms with Gasteiger partial charge in [-0.2, -0.15) is 10.2 Å². The van der Waals surface area contributed by atoms with Gasteiger partial charge in [0, 0.05) is 37.1 Å². The highest BCUT2D eigenvalue weighted by Crippen LogP contribution is 2.29. The van der Waals surface area contributed by atoms with Crippen LogP contribution < -0.4 is 10.2 Å². The Bertz CT molecular complexity index is 1340. The average Bonchev–Trinajstić information content (AvgIpc) is 3.65. The van der Waals surface area contributed by atoms with Gasteiger partial charge in [-0.25, -0.2) is 4.98 Å². The van der Waals surface area contributed by atoms with Gasteiger partial charge >= 0.3 is 0 Å². The molecule has 1 aromatic carbocycles. The quantitative estimate of drug-likeness (QED) is 0.425. The Morgan fingerprint density at radius 1 is 1.17 bits per heavy atom. The summed E-state index contributed by atoms with van der Waals surface area (Å²) in [6.07, 6.45) is 1.53. The van der Waals surface area contributed by atoms with Gasteiger partial charge < -0.3 is 19.1 Å². The van der Waals surface area contributed by atoms with Crippen LogP contribution >= 0.6 is 11.3 Å². The molecule has 1 aliphatic heterocycles. The fraction of sp³-hybridized carbons (Fsp3) is 0.280. The van der Waals surface area contributed by atoms with Crippen LogP contribution in [0.3, 0.4) is 0 Å². The van der Waals surface area contributed by atoms with Crippen LogP contribution in [0.5, 0.6) is 0 Å². The lowest BCUT2D eigenvalue weighted by molar-refractivity contribution is -0.120. The molecule has 3 aromatic heterocycles. The highest BCUT2D eigenvalue weighted by atomic mass is 32.1. The monoisotopic (exact) mass is 488 g/mol. The Labute approximate surface area is 206 Å². The number of amides is 1. The topological polar surface area (TPSA) is 111 Å². The highest BCUT2D eigenvalue weighted by Gasteiger charge is 2.29. The van der Waals surface area contributed by atoms with E-state index in [2.05, 4.69) is 26.3 Å². The van der Waals surface area contributed by atoms with E-state index in [-0.39, 0.29) is 23.5 Å². The van der Waals surface area contributed by atoms with Crippen molar-refractivity contribution < 1.29 is 13.6 Å². The molecule has 9 nitrogen and oxygen atoms in total. The van der Waals surface area contributed by atoms with Crippen LogP contribution in [0.25, 0.3) is 22.9 Å². The van der Waals surface area contributed by atoms with Crippen molar-refractivity contribution in [1.82, 2.24) is 14.9 Å². The van der Waals surface area contributed by atoms with Gasteiger partial charge in [-0.1, -0.05) is 29.8 Å². The van der Waals surface area contributed by atoms with E-state index in [1.165, 1.54) is 23.2 Å². The molecule has 5 rings (SSSR count). The van der Waals surface area contributed by atoms with Crippen molar-refractivity contribution in [2.24, 2.45) is 0 Å². The number of hydrogen-bond acceptors (Lipinski definition) is 9. The number of benzene rings is 1. The molecule has 178 valence electrons. The number of thiazole rings is 1. The number of oxazole rings is 1. The summed E-state index contributed by atoms with van der Waals surface area (Å²) >= 11 is 1.42. The molecular formula is C25H24N6O3S. The fourth-order valence-electron chi connectivity index (χ4n) is 3.98. The molecule has 0 spiro atoms. The van der Waals surface area contributed by atoms with Crippen LogP contribution in [-0.2, 0) is 4.79 Å². The Morgan fingerprint density at radius 2 is 1.94 bits per heavy atom. The number of aryl methyl sites for hydroxylation is 1. The van der Waals surface area contributed by atoms with Crippen molar-refractivity contribution in [1.29, 1.82) is 5.26 Å². The number of hydrogen-bond donors (Lipinski definition) is 1. The minimum atomic E-state index is -0.326. The third-order valence-electron chi connectivity index (χ3n) is 6.06. The third-order valence-corrected chi connectivity index (χ3v) is 6.82. The van der Waals surface area contributed by atoms with E-state index in [0.717, 1.165) is 11.3 Å². The van der Waals surface area contributed by atoms with Gasteiger partial charge in [-0.3, -0.25) is 9.69 Å². The normalized spacial score (nSPS) is 15.1. The molecule has 10 heteroatoms. The van der Waals surface area contributed by atoms with Crippen LogP contribution in [0.1, 0.15) is 18.2 Å². The first-order valence-corrected chi connectivity index (χ1v) is 12.2. The molecule has 1 saturated heterocycles. The second-order valence-corrected chi connectivity index (χ2v) is 9.21. The molecule has 0 bridgehead atoms. The molecule has 0 aliphatic carbocycles. The van der Waals surface area contributed by atoms with Gasteiger partial charge in [0.2, 0.25) is 17.5 Å². The van der Waals surface area contributed by atoms with Gasteiger partial charge in [0.05, 0.1) is 18.0 Å². The van der Waals surface area contributed by atoms with Crippen LogP contribution in [0.4, 0.5) is 11.0 Å². The molecule has 0 unspecified atom stereocenters. The third kappa shape index (κ3) is 4.82. The molecule has 0 saturated carbocycles.